The van der Waals surface area contributed by atoms with Crippen LogP contribution in [0, 0.1) is 0 Å². The van der Waals surface area contributed by atoms with Gasteiger partial charge in [-0.15, -0.1) is 0 Å². The maximum atomic E-state index is 5.24. The summed E-state index contributed by atoms with van der Waals surface area (Å²) < 4.78 is 5.04. The summed E-state index contributed by atoms with van der Waals surface area (Å²) in [6.07, 6.45) is 0. The van der Waals surface area contributed by atoms with E-state index in [4.69, 9.17) is 9.97 Å². The highest BCUT2D eigenvalue weighted by molar-refractivity contribution is 6.32. The number of rotatable bonds is 5. The summed E-state index contributed by atoms with van der Waals surface area (Å²) in [6.45, 7) is 4.82. The van der Waals surface area contributed by atoms with Gasteiger partial charge in [-0.1, -0.05) is 166 Å². The van der Waals surface area contributed by atoms with Crippen LogP contribution in [0.1, 0.15) is 25.0 Å². The number of hydrogen-bond acceptors (Lipinski definition) is 2. The number of aromatic nitrogens is 4. The molecule has 8 aromatic carbocycles. The van der Waals surface area contributed by atoms with Crippen LogP contribution in [0.4, 0.5) is 0 Å². The minimum atomic E-state index is -0.278. The molecule has 3 aromatic heterocycles. The minimum absolute atomic E-state index is 0.278. The lowest BCUT2D eigenvalue weighted by Gasteiger charge is -2.24. The molecule has 0 aliphatic heterocycles. The van der Waals surface area contributed by atoms with Gasteiger partial charge in [-0.3, -0.25) is 0 Å². The fourth-order valence-electron chi connectivity index (χ4n) is 9.93. The van der Waals surface area contributed by atoms with Crippen LogP contribution < -0.4 is 0 Å². The van der Waals surface area contributed by atoms with Crippen molar-refractivity contribution >= 4 is 43.6 Å². The van der Waals surface area contributed by atoms with Crippen LogP contribution in [-0.4, -0.2) is 19.1 Å². The van der Waals surface area contributed by atoms with E-state index in [1.54, 1.807) is 0 Å². The Morgan fingerprint density at radius 1 is 0.424 bits per heavy atom. The maximum Gasteiger partial charge on any atom is 0.160 e. The second-order valence-electron chi connectivity index (χ2n) is 16.2. The summed E-state index contributed by atoms with van der Waals surface area (Å²) in [7, 11) is 0. The lowest BCUT2D eigenvalue weighted by atomic mass is 9.81. The predicted octanol–water partition coefficient (Wildman–Crippen LogP) is 14.0. The van der Waals surface area contributed by atoms with E-state index >= 15 is 0 Å². The van der Waals surface area contributed by atoms with Crippen molar-refractivity contribution in [2.24, 2.45) is 0 Å². The maximum absolute atomic E-state index is 5.24. The molecule has 12 rings (SSSR count). The molecule has 0 bridgehead atoms. The molecule has 0 saturated carbocycles. The third-order valence-corrected chi connectivity index (χ3v) is 12.5. The lowest BCUT2D eigenvalue weighted by Crippen LogP contribution is -2.16. The third-order valence-electron chi connectivity index (χ3n) is 12.5. The second-order valence-corrected chi connectivity index (χ2v) is 16.2. The van der Waals surface area contributed by atoms with E-state index in [0.29, 0.717) is 5.82 Å². The van der Waals surface area contributed by atoms with Gasteiger partial charge in [-0.25, -0.2) is 9.97 Å². The smallest absolute Gasteiger partial charge is 0.160 e. The van der Waals surface area contributed by atoms with E-state index in [-0.39, 0.29) is 5.41 Å². The Bertz CT molecular complexity index is 3390. The zero-order chi connectivity index (χ0) is 39.2. The standard InChI is InChI=1S/C55H38N4/c1-55(2)43-30-15-12-27-40(43)48-49-41-28-13-16-31-46(41)58(38-24-10-5-11-25-38)52(49)50-42-29-14-17-32-47(42)59(53(50)51(48)55)39-26-18-23-37(33-39)45-34-44(35-19-6-3-7-20-35)56-54(57-45)36-21-8-4-9-22-36/h3-34H,1-2H3. The zero-order valence-electron chi connectivity index (χ0n) is 32.8. The van der Waals surface area contributed by atoms with Crippen LogP contribution in [-0.2, 0) is 5.41 Å². The second kappa shape index (κ2) is 12.7. The van der Waals surface area contributed by atoms with Gasteiger partial charge in [-0.2, -0.15) is 0 Å². The fourth-order valence-corrected chi connectivity index (χ4v) is 9.93. The molecule has 3 heterocycles. The minimum Gasteiger partial charge on any atom is -0.309 e. The first kappa shape index (κ1) is 33.6. The average Bonchev–Trinajstić information content (AvgIpc) is 3.90. The summed E-state index contributed by atoms with van der Waals surface area (Å²) in [5.74, 6) is 0.706. The topological polar surface area (TPSA) is 35.6 Å². The monoisotopic (exact) mass is 754 g/mol. The van der Waals surface area contributed by atoms with E-state index in [2.05, 4.69) is 193 Å². The zero-order valence-corrected chi connectivity index (χ0v) is 32.8. The Kier molecular flexibility index (Phi) is 7.24. The van der Waals surface area contributed by atoms with Crippen LogP contribution in [0.5, 0.6) is 0 Å². The Hall–Kier alpha value is -7.56. The van der Waals surface area contributed by atoms with Gasteiger partial charge in [0.1, 0.15) is 0 Å². The fraction of sp³-hybridized carbons (Fsp3) is 0.0545. The molecule has 1 aliphatic rings. The van der Waals surface area contributed by atoms with Crippen molar-refractivity contribution in [1.82, 2.24) is 19.1 Å². The van der Waals surface area contributed by atoms with Crippen LogP contribution >= 0.6 is 0 Å². The first-order valence-corrected chi connectivity index (χ1v) is 20.3. The predicted molar refractivity (Wildman–Crippen MR) is 245 cm³/mol. The van der Waals surface area contributed by atoms with Crippen LogP contribution in [0.15, 0.2) is 194 Å². The van der Waals surface area contributed by atoms with Gasteiger partial charge in [0.2, 0.25) is 0 Å². The highest BCUT2D eigenvalue weighted by atomic mass is 15.0. The van der Waals surface area contributed by atoms with Crippen LogP contribution in [0.2, 0.25) is 0 Å². The lowest BCUT2D eigenvalue weighted by molar-refractivity contribution is 0.664. The number of nitrogens with zero attached hydrogens (tertiary/aromatic N) is 4. The van der Waals surface area contributed by atoms with Gasteiger partial charge in [-0.05, 0) is 64.7 Å². The van der Waals surface area contributed by atoms with Crippen molar-refractivity contribution < 1.29 is 0 Å². The molecule has 11 aromatic rings. The first-order valence-electron chi connectivity index (χ1n) is 20.3. The number of para-hydroxylation sites is 3. The van der Waals surface area contributed by atoms with Crippen molar-refractivity contribution in [2.45, 2.75) is 19.3 Å². The molecular weight excluding hydrogens is 717 g/mol. The first-order chi connectivity index (χ1) is 29.1. The molecule has 0 saturated heterocycles. The van der Waals surface area contributed by atoms with Crippen LogP contribution in [0.25, 0.3) is 100 Å². The van der Waals surface area contributed by atoms with Crippen molar-refractivity contribution in [3.63, 3.8) is 0 Å². The van der Waals surface area contributed by atoms with E-state index in [1.807, 2.05) is 24.3 Å². The van der Waals surface area contributed by atoms with Gasteiger partial charge >= 0.3 is 0 Å². The average molecular weight is 755 g/mol. The molecule has 4 nitrogen and oxygen atoms in total. The third kappa shape index (κ3) is 4.90. The molecule has 0 amide bonds. The Morgan fingerprint density at radius 2 is 0.949 bits per heavy atom. The molecule has 0 spiro atoms. The van der Waals surface area contributed by atoms with Crippen molar-refractivity contribution in [1.29, 1.82) is 0 Å². The molecule has 0 fully saturated rings. The van der Waals surface area contributed by atoms with Gasteiger partial charge in [0.05, 0.1) is 33.5 Å². The van der Waals surface area contributed by atoms with E-state index < -0.39 is 0 Å². The largest absolute Gasteiger partial charge is 0.309 e. The van der Waals surface area contributed by atoms with Crippen LogP contribution in [0.3, 0.4) is 0 Å². The summed E-state index contributed by atoms with van der Waals surface area (Å²) in [5.41, 5.74) is 17.0. The highest BCUT2D eigenvalue weighted by Gasteiger charge is 2.41. The quantitative estimate of drug-likeness (QED) is 0.175. The summed E-state index contributed by atoms with van der Waals surface area (Å²) in [6, 6.07) is 69.6. The molecule has 4 heteroatoms. The van der Waals surface area contributed by atoms with Crippen molar-refractivity contribution in [3.05, 3.63) is 205 Å². The number of fused-ring (bicyclic) bond motifs is 12. The van der Waals surface area contributed by atoms with E-state index in [1.165, 1.54) is 65.9 Å². The summed E-state index contributed by atoms with van der Waals surface area (Å²) in [5, 5.41) is 5.07. The number of benzene rings is 8. The van der Waals surface area contributed by atoms with Gasteiger partial charge in [0, 0.05) is 55.0 Å². The molecule has 0 N–H and O–H groups in total. The molecule has 59 heavy (non-hydrogen) atoms. The summed E-state index contributed by atoms with van der Waals surface area (Å²) >= 11 is 0. The van der Waals surface area contributed by atoms with Gasteiger partial charge in [0.15, 0.2) is 5.82 Å². The Labute approximate surface area is 342 Å². The van der Waals surface area contributed by atoms with Crippen molar-refractivity contribution in [3.8, 4) is 56.4 Å². The SMILES string of the molecule is CC1(C)c2ccccc2-c2c1c1c(c3ccccc3n1-c1cccc(-c3cc(-c4ccccc4)nc(-c4ccccc4)n3)c1)c1c2c2ccccc2n1-c1ccccc1. The molecule has 0 unspecified atom stereocenters. The molecule has 1 aliphatic carbocycles. The molecule has 278 valence electrons. The summed E-state index contributed by atoms with van der Waals surface area (Å²) in [4.78, 5) is 10.3. The Morgan fingerprint density at radius 3 is 1.66 bits per heavy atom. The van der Waals surface area contributed by atoms with Crippen molar-refractivity contribution in [2.75, 3.05) is 0 Å². The van der Waals surface area contributed by atoms with Gasteiger partial charge in [0.25, 0.3) is 0 Å². The van der Waals surface area contributed by atoms with E-state index in [9.17, 15) is 0 Å². The number of hydrogen-bond donors (Lipinski definition) is 0. The Balaban J connectivity index is 1.22. The highest BCUT2D eigenvalue weighted by Crippen LogP contribution is 2.58. The van der Waals surface area contributed by atoms with Gasteiger partial charge < -0.3 is 9.13 Å². The molecule has 0 atom stereocenters. The van der Waals surface area contributed by atoms with E-state index in [0.717, 1.165) is 39.5 Å². The molecule has 0 radical (unpaired) electrons. The molecular formula is C55H38N4. The normalized spacial score (nSPS) is 13.1.